The van der Waals surface area contributed by atoms with Crippen LogP contribution in [0.4, 0.5) is 0 Å². The smallest absolute Gasteiger partial charge is 0.0228 e. The molecule has 0 aliphatic heterocycles. The van der Waals surface area contributed by atoms with Crippen molar-refractivity contribution in [1.29, 1.82) is 0 Å². The summed E-state index contributed by atoms with van der Waals surface area (Å²) in [5.74, 6) is 6.71. The van der Waals surface area contributed by atoms with E-state index in [1.807, 2.05) is 0 Å². The SMILES string of the molecule is CC(C)C/C=C/C(C)C1CCC2C3CCC4CCCCC4(C)C3CCC12C. The molecule has 154 valence electrons. The van der Waals surface area contributed by atoms with Gasteiger partial charge in [0, 0.05) is 0 Å². The predicted molar refractivity (Wildman–Crippen MR) is 118 cm³/mol. The lowest BCUT2D eigenvalue weighted by Gasteiger charge is -2.60. The van der Waals surface area contributed by atoms with Gasteiger partial charge in [-0.15, -0.1) is 0 Å². The van der Waals surface area contributed by atoms with Crippen LogP contribution < -0.4 is 0 Å². The fourth-order valence-corrected chi connectivity index (χ4v) is 8.90. The highest BCUT2D eigenvalue weighted by molar-refractivity contribution is 5.10. The molecule has 0 aromatic rings. The van der Waals surface area contributed by atoms with Crippen LogP contribution in [0.5, 0.6) is 0 Å². The summed E-state index contributed by atoms with van der Waals surface area (Å²) in [7, 11) is 0. The average Bonchev–Trinajstić information content (AvgIpc) is 2.98. The second kappa shape index (κ2) is 7.53. The van der Waals surface area contributed by atoms with E-state index in [1.165, 1.54) is 38.5 Å². The third kappa shape index (κ3) is 3.36. The van der Waals surface area contributed by atoms with Gasteiger partial charge in [0.05, 0.1) is 0 Å². The van der Waals surface area contributed by atoms with Crippen molar-refractivity contribution >= 4 is 0 Å². The Balaban J connectivity index is 1.50. The molecule has 4 aliphatic rings. The zero-order valence-electron chi connectivity index (χ0n) is 19.0. The summed E-state index contributed by atoms with van der Waals surface area (Å²) in [5.41, 5.74) is 1.32. The minimum absolute atomic E-state index is 0.626. The molecule has 0 radical (unpaired) electrons. The lowest BCUT2D eigenvalue weighted by molar-refractivity contribution is -0.112. The highest BCUT2D eigenvalue weighted by Crippen LogP contribution is 2.68. The average molecular weight is 371 g/mol. The summed E-state index contributed by atoms with van der Waals surface area (Å²) in [4.78, 5) is 0. The first-order valence-electron chi connectivity index (χ1n) is 12.5. The Morgan fingerprint density at radius 1 is 0.815 bits per heavy atom. The third-order valence-corrected chi connectivity index (χ3v) is 10.3. The molecular weight excluding hydrogens is 324 g/mol. The Kier molecular flexibility index (Phi) is 5.59. The maximum absolute atomic E-state index is 2.72. The fraction of sp³-hybridized carbons (Fsp3) is 0.926. The second-order valence-electron chi connectivity index (χ2n) is 12.0. The quantitative estimate of drug-likeness (QED) is 0.437. The summed E-state index contributed by atoms with van der Waals surface area (Å²) >= 11 is 0. The van der Waals surface area contributed by atoms with Gasteiger partial charge < -0.3 is 0 Å². The van der Waals surface area contributed by atoms with Crippen LogP contribution in [-0.2, 0) is 0 Å². The third-order valence-electron chi connectivity index (χ3n) is 10.3. The molecule has 4 fully saturated rings. The van der Waals surface area contributed by atoms with E-state index in [9.17, 15) is 0 Å². The molecule has 4 rings (SSSR count). The second-order valence-corrected chi connectivity index (χ2v) is 12.0. The zero-order valence-corrected chi connectivity index (χ0v) is 19.0. The predicted octanol–water partition coefficient (Wildman–Crippen LogP) is 8.27. The monoisotopic (exact) mass is 370 g/mol. The van der Waals surface area contributed by atoms with E-state index < -0.39 is 0 Å². The molecule has 27 heavy (non-hydrogen) atoms. The van der Waals surface area contributed by atoms with Crippen molar-refractivity contribution in [3.05, 3.63) is 12.2 Å². The molecule has 0 heterocycles. The molecule has 8 atom stereocenters. The molecule has 4 aliphatic carbocycles. The van der Waals surface area contributed by atoms with Gasteiger partial charge in [0.1, 0.15) is 0 Å². The van der Waals surface area contributed by atoms with Crippen molar-refractivity contribution in [2.24, 2.45) is 52.3 Å². The minimum atomic E-state index is 0.626. The van der Waals surface area contributed by atoms with Gasteiger partial charge in [0.25, 0.3) is 0 Å². The Hall–Kier alpha value is -0.260. The molecule has 0 amide bonds. The van der Waals surface area contributed by atoms with E-state index in [2.05, 4.69) is 46.8 Å². The van der Waals surface area contributed by atoms with Crippen LogP contribution in [0, 0.1) is 52.3 Å². The van der Waals surface area contributed by atoms with E-state index in [-0.39, 0.29) is 0 Å². The van der Waals surface area contributed by atoms with Gasteiger partial charge in [-0.25, -0.2) is 0 Å². The molecule has 0 heteroatoms. The summed E-state index contributed by atoms with van der Waals surface area (Å²) in [6, 6.07) is 0. The standard InChI is InChI=1S/C27H46/c1-19(2)9-8-10-20(3)23-14-15-24-22-13-12-21-11-6-7-17-26(21,4)25(22)16-18-27(23,24)5/h8,10,19-25H,6-7,9,11-18H2,1-5H3/b10-8+. The van der Waals surface area contributed by atoms with Crippen LogP contribution in [0.25, 0.3) is 0 Å². The minimum Gasteiger partial charge on any atom is -0.0880 e. The molecule has 0 aromatic heterocycles. The van der Waals surface area contributed by atoms with Crippen molar-refractivity contribution in [2.75, 3.05) is 0 Å². The first-order chi connectivity index (χ1) is 12.9. The van der Waals surface area contributed by atoms with Gasteiger partial charge in [0.2, 0.25) is 0 Å². The highest BCUT2D eigenvalue weighted by Gasteiger charge is 2.59. The molecule has 0 bridgehead atoms. The number of rotatable bonds is 4. The van der Waals surface area contributed by atoms with E-state index >= 15 is 0 Å². The molecule has 0 aromatic carbocycles. The lowest BCUT2D eigenvalue weighted by Crippen LogP contribution is -2.53. The highest BCUT2D eigenvalue weighted by atomic mass is 14.6. The molecule has 0 nitrogen and oxygen atoms in total. The van der Waals surface area contributed by atoms with E-state index in [0.717, 1.165) is 41.4 Å². The van der Waals surface area contributed by atoms with Gasteiger partial charge >= 0.3 is 0 Å². The molecular formula is C27H46. The molecule has 4 saturated carbocycles. The maximum Gasteiger partial charge on any atom is -0.0228 e. The van der Waals surface area contributed by atoms with Crippen LogP contribution in [0.15, 0.2) is 12.2 Å². The van der Waals surface area contributed by atoms with Crippen LogP contribution in [0.2, 0.25) is 0 Å². The van der Waals surface area contributed by atoms with E-state index in [1.54, 1.807) is 32.1 Å². The Morgan fingerprint density at radius 2 is 1.59 bits per heavy atom. The van der Waals surface area contributed by atoms with Gasteiger partial charge in [-0.2, -0.15) is 0 Å². The van der Waals surface area contributed by atoms with Crippen LogP contribution in [-0.4, -0.2) is 0 Å². The zero-order chi connectivity index (χ0) is 19.2. The topological polar surface area (TPSA) is 0 Å². The van der Waals surface area contributed by atoms with E-state index in [0.29, 0.717) is 10.8 Å². The number of hydrogen-bond donors (Lipinski definition) is 0. The normalized spacial score (nSPS) is 48.3. The van der Waals surface area contributed by atoms with Gasteiger partial charge in [-0.05, 0) is 110 Å². The van der Waals surface area contributed by atoms with Gasteiger partial charge in [0.15, 0.2) is 0 Å². The Morgan fingerprint density at radius 3 is 2.37 bits per heavy atom. The van der Waals surface area contributed by atoms with E-state index in [4.69, 9.17) is 0 Å². The fourth-order valence-electron chi connectivity index (χ4n) is 8.90. The summed E-state index contributed by atoms with van der Waals surface area (Å²) in [6.07, 6.45) is 21.7. The summed E-state index contributed by atoms with van der Waals surface area (Å²) in [6.45, 7) is 12.6. The molecule has 0 spiro atoms. The first-order valence-corrected chi connectivity index (χ1v) is 12.5. The summed E-state index contributed by atoms with van der Waals surface area (Å²) in [5, 5.41) is 0. The van der Waals surface area contributed by atoms with Gasteiger partial charge in [-0.3, -0.25) is 0 Å². The molecule has 0 N–H and O–H groups in total. The van der Waals surface area contributed by atoms with Crippen LogP contribution >= 0.6 is 0 Å². The van der Waals surface area contributed by atoms with Crippen molar-refractivity contribution in [3.63, 3.8) is 0 Å². The number of fused-ring (bicyclic) bond motifs is 5. The van der Waals surface area contributed by atoms with Crippen molar-refractivity contribution in [1.82, 2.24) is 0 Å². The number of hydrogen-bond acceptors (Lipinski definition) is 0. The van der Waals surface area contributed by atoms with Crippen molar-refractivity contribution in [2.45, 2.75) is 105 Å². The lowest BCUT2D eigenvalue weighted by atomic mass is 9.44. The first kappa shape index (κ1) is 20.0. The largest absolute Gasteiger partial charge is 0.0880 e. The Bertz CT molecular complexity index is 544. The molecule has 0 saturated heterocycles. The van der Waals surface area contributed by atoms with Crippen molar-refractivity contribution < 1.29 is 0 Å². The number of allylic oxidation sites excluding steroid dienone is 2. The Labute approximate surface area is 170 Å². The molecule has 8 unspecified atom stereocenters. The van der Waals surface area contributed by atoms with Crippen molar-refractivity contribution in [3.8, 4) is 0 Å². The summed E-state index contributed by atoms with van der Waals surface area (Å²) < 4.78 is 0. The van der Waals surface area contributed by atoms with Crippen LogP contribution in [0.3, 0.4) is 0 Å². The van der Waals surface area contributed by atoms with Gasteiger partial charge in [-0.1, -0.05) is 59.6 Å². The van der Waals surface area contributed by atoms with Crippen LogP contribution in [0.1, 0.15) is 105 Å². The maximum atomic E-state index is 2.72.